The molecule has 1 amide bonds. The highest BCUT2D eigenvalue weighted by Gasteiger charge is 2.33. The number of imidazole rings is 1. The number of aromatic nitrogens is 2. The van der Waals surface area contributed by atoms with Gasteiger partial charge in [0.1, 0.15) is 11.4 Å². The van der Waals surface area contributed by atoms with E-state index in [2.05, 4.69) is 16.4 Å². The molecular weight excluding hydrogens is 390 g/mol. The van der Waals surface area contributed by atoms with Gasteiger partial charge in [0.25, 0.3) is 0 Å². The van der Waals surface area contributed by atoms with Crippen LogP contribution in [0.2, 0.25) is 0 Å². The molecule has 1 aromatic carbocycles. The number of benzene rings is 1. The van der Waals surface area contributed by atoms with Crippen molar-refractivity contribution in [2.45, 2.75) is 55.4 Å². The molecule has 156 valence electrons. The number of hydrogen-bond donors (Lipinski definition) is 1. The van der Waals surface area contributed by atoms with Crippen molar-refractivity contribution < 1.29 is 13.2 Å². The minimum atomic E-state index is -3.53. The summed E-state index contributed by atoms with van der Waals surface area (Å²) in [7, 11) is 1.29. The number of nitrogens with one attached hydrogen (secondary N) is 1. The summed E-state index contributed by atoms with van der Waals surface area (Å²) < 4.78 is 27.7. The lowest BCUT2D eigenvalue weighted by Crippen LogP contribution is -2.48. The fourth-order valence-electron chi connectivity index (χ4n) is 3.80. The van der Waals surface area contributed by atoms with Crippen molar-refractivity contribution >= 4 is 27.0 Å². The molecule has 1 saturated carbocycles. The van der Waals surface area contributed by atoms with Gasteiger partial charge in [-0.1, -0.05) is 19.3 Å². The maximum Gasteiger partial charge on any atom is 0.242 e. The number of hydrogen-bond acceptors (Lipinski definition) is 5. The van der Waals surface area contributed by atoms with Gasteiger partial charge in [-0.05, 0) is 31.0 Å². The van der Waals surface area contributed by atoms with Crippen molar-refractivity contribution in [2.24, 2.45) is 7.05 Å². The fourth-order valence-corrected chi connectivity index (χ4v) is 4.72. The van der Waals surface area contributed by atoms with Crippen LogP contribution in [0.5, 0.6) is 0 Å². The number of nitrogens with zero attached hydrogens (tertiary/aromatic N) is 4. The Balaban J connectivity index is 1.74. The molecule has 8 nitrogen and oxygen atoms in total. The number of nitriles is 1. The zero-order valence-electron chi connectivity index (χ0n) is 17.1. The molecule has 1 aliphatic rings. The SMILES string of the molecule is CN(C)S(=O)(=O)c1ccc2c(c1)nc(CCC(=O)NC1(C#N)CCCCC1)n2C. The fraction of sp³-hybridized carbons (Fsp3) is 0.550. The highest BCUT2D eigenvalue weighted by molar-refractivity contribution is 7.89. The van der Waals surface area contributed by atoms with Crippen LogP contribution in [-0.2, 0) is 28.3 Å². The summed E-state index contributed by atoms with van der Waals surface area (Å²) in [6.07, 6.45) is 5.05. The third kappa shape index (κ3) is 4.28. The molecule has 2 aromatic rings. The van der Waals surface area contributed by atoms with Gasteiger partial charge in [0, 0.05) is 34.0 Å². The van der Waals surface area contributed by atoms with Gasteiger partial charge in [-0.15, -0.1) is 0 Å². The van der Waals surface area contributed by atoms with E-state index in [0.717, 1.165) is 24.8 Å². The van der Waals surface area contributed by atoms with Crippen molar-refractivity contribution in [3.63, 3.8) is 0 Å². The molecule has 9 heteroatoms. The Morgan fingerprint density at radius 3 is 2.62 bits per heavy atom. The monoisotopic (exact) mass is 417 g/mol. The smallest absolute Gasteiger partial charge is 0.242 e. The van der Waals surface area contributed by atoms with Crippen molar-refractivity contribution in [1.29, 1.82) is 5.26 Å². The maximum absolute atomic E-state index is 12.5. The van der Waals surface area contributed by atoms with Gasteiger partial charge in [0.15, 0.2) is 0 Å². The normalized spacial score (nSPS) is 16.7. The molecule has 3 rings (SSSR count). The van der Waals surface area contributed by atoms with E-state index in [1.165, 1.54) is 18.4 Å². The molecule has 0 spiro atoms. The van der Waals surface area contributed by atoms with Crippen LogP contribution < -0.4 is 5.32 Å². The van der Waals surface area contributed by atoms with Crippen molar-refractivity contribution in [3.8, 4) is 6.07 Å². The number of sulfonamides is 1. The number of carbonyl (C=O) groups is 1. The molecule has 1 N–H and O–H groups in total. The van der Waals surface area contributed by atoms with E-state index in [9.17, 15) is 18.5 Å². The summed E-state index contributed by atoms with van der Waals surface area (Å²) in [6.45, 7) is 0. The van der Waals surface area contributed by atoms with Gasteiger partial charge in [0.2, 0.25) is 15.9 Å². The molecule has 1 fully saturated rings. The summed E-state index contributed by atoms with van der Waals surface area (Å²) in [5.74, 6) is 0.542. The molecule has 0 aliphatic heterocycles. The van der Waals surface area contributed by atoms with Crippen LogP contribution in [0.15, 0.2) is 23.1 Å². The summed E-state index contributed by atoms with van der Waals surface area (Å²) in [6, 6.07) is 7.15. The Morgan fingerprint density at radius 2 is 2.00 bits per heavy atom. The van der Waals surface area contributed by atoms with E-state index >= 15 is 0 Å². The first kappa shape index (κ1) is 21.3. The minimum absolute atomic E-state index is 0.156. The van der Waals surface area contributed by atoms with Gasteiger partial charge in [0.05, 0.1) is 22.0 Å². The second-order valence-corrected chi connectivity index (χ2v) is 9.98. The number of fused-ring (bicyclic) bond motifs is 1. The van der Waals surface area contributed by atoms with E-state index in [4.69, 9.17) is 0 Å². The summed E-state index contributed by atoms with van der Waals surface area (Å²) >= 11 is 0. The molecule has 0 unspecified atom stereocenters. The minimum Gasteiger partial charge on any atom is -0.338 e. The van der Waals surface area contributed by atoms with E-state index in [1.807, 2.05) is 11.6 Å². The lowest BCUT2D eigenvalue weighted by atomic mass is 9.83. The van der Waals surface area contributed by atoms with Crippen LogP contribution in [0.3, 0.4) is 0 Å². The Bertz CT molecular complexity index is 1060. The Labute approximate surface area is 171 Å². The molecule has 1 aromatic heterocycles. The van der Waals surface area contributed by atoms with Gasteiger partial charge >= 0.3 is 0 Å². The Hall–Kier alpha value is -2.44. The van der Waals surface area contributed by atoms with E-state index < -0.39 is 15.6 Å². The predicted octanol–water partition coefficient (Wildman–Crippen LogP) is 2.10. The zero-order chi connectivity index (χ0) is 21.2. The molecule has 0 radical (unpaired) electrons. The predicted molar refractivity (Wildman–Crippen MR) is 109 cm³/mol. The van der Waals surface area contributed by atoms with Crippen LogP contribution in [0.1, 0.15) is 44.3 Å². The van der Waals surface area contributed by atoms with Crippen LogP contribution in [-0.4, -0.2) is 47.8 Å². The highest BCUT2D eigenvalue weighted by Crippen LogP contribution is 2.28. The average Bonchev–Trinajstić information content (AvgIpc) is 3.02. The molecule has 29 heavy (non-hydrogen) atoms. The van der Waals surface area contributed by atoms with E-state index in [1.54, 1.807) is 18.2 Å². The Kier molecular flexibility index (Phi) is 5.96. The molecule has 0 saturated heterocycles. The molecule has 1 aliphatic carbocycles. The standard InChI is InChI=1S/C20H27N5O3S/c1-24(2)29(27,28)15-7-8-17-16(13-15)22-18(25(17)3)9-10-19(26)23-20(14-21)11-5-4-6-12-20/h7-8,13H,4-6,9-12H2,1-3H3,(H,23,26). The van der Waals surface area contributed by atoms with Crippen LogP contribution >= 0.6 is 0 Å². The highest BCUT2D eigenvalue weighted by atomic mass is 32.2. The number of rotatable bonds is 6. The van der Waals surface area contributed by atoms with E-state index in [-0.39, 0.29) is 17.2 Å². The lowest BCUT2D eigenvalue weighted by Gasteiger charge is -2.31. The first-order valence-corrected chi connectivity index (χ1v) is 11.2. The van der Waals surface area contributed by atoms with Crippen molar-refractivity contribution in [3.05, 3.63) is 24.0 Å². The van der Waals surface area contributed by atoms with Gasteiger partial charge in [-0.2, -0.15) is 5.26 Å². The van der Waals surface area contributed by atoms with Gasteiger partial charge in [-0.25, -0.2) is 17.7 Å². The van der Waals surface area contributed by atoms with Crippen LogP contribution in [0.4, 0.5) is 0 Å². The number of amides is 1. The third-order valence-electron chi connectivity index (χ3n) is 5.60. The van der Waals surface area contributed by atoms with Crippen LogP contribution in [0.25, 0.3) is 11.0 Å². The average molecular weight is 418 g/mol. The number of carbonyl (C=O) groups excluding carboxylic acids is 1. The maximum atomic E-state index is 12.5. The first-order chi connectivity index (χ1) is 13.7. The largest absolute Gasteiger partial charge is 0.338 e. The zero-order valence-corrected chi connectivity index (χ0v) is 17.9. The summed E-state index contributed by atoms with van der Waals surface area (Å²) in [4.78, 5) is 17.2. The van der Waals surface area contributed by atoms with Gasteiger partial charge in [-0.3, -0.25) is 4.79 Å². The number of aryl methyl sites for hydroxylation is 2. The Morgan fingerprint density at radius 1 is 1.31 bits per heavy atom. The van der Waals surface area contributed by atoms with Crippen molar-refractivity contribution in [2.75, 3.05) is 14.1 Å². The molecule has 1 heterocycles. The molecule has 0 atom stereocenters. The second-order valence-electron chi connectivity index (χ2n) is 7.83. The second kappa shape index (κ2) is 8.13. The topological polar surface area (TPSA) is 108 Å². The molecular formula is C20H27N5O3S. The first-order valence-electron chi connectivity index (χ1n) is 9.79. The molecule has 0 bridgehead atoms. The third-order valence-corrected chi connectivity index (χ3v) is 7.41. The van der Waals surface area contributed by atoms with Gasteiger partial charge < -0.3 is 9.88 Å². The van der Waals surface area contributed by atoms with E-state index in [0.29, 0.717) is 30.6 Å². The summed E-state index contributed by atoms with van der Waals surface area (Å²) in [5, 5.41) is 12.4. The van der Waals surface area contributed by atoms with Crippen molar-refractivity contribution in [1.82, 2.24) is 19.2 Å². The quantitative estimate of drug-likeness (QED) is 0.774. The summed E-state index contributed by atoms with van der Waals surface area (Å²) in [5.41, 5.74) is 0.641. The van der Waals surface area contributed by atoms with Crippen LogP contribution in [0, 0.1) is 11.3 Å². The lowest BCUT2D eigenvalue weighted by molar-refractivity contribution is -0.122.